The summed E-state index contributed by atoms with van der Waals surface area (Å²) in [7, 11) is 0. The number of nitrogens with one attached hydrogen (secondary N) is 1. The lowest BCUT2D eigenvalue weighted by molar-refractivity contribution is -0.113. The van der Waals surface area contributed by atoms with Crippen molar-refractivity contribution in [3.05, 3.63) is 53.5 Å². The van der Waals surface area contributed by atoms with Crippen LogP contribution in [0.3, 0.4) is 0 Å². The van der Waals surface area contributed by atoms with Crippen molar-refractivity contribution in [1.29, 1.82) is 0 Å². The van der Waals surface area contributed by atoms with E-state index in [0.717, 1.165) is 20.8 Å². The van der Waals surface area contributed by atoms with Gasteiger partial charge in [-0.15, -0.1) is 10.2 Å². The predicted octanol–water partition coefficient (Wildman–Crippen LogP) is 4.77. The third kappa shape index (κ3) is 5.97. The molecule has 0 bridgehead atoms. The maximum absolute atomic E-state index is 12.0. The lowest BCUT2D eigenvalue weighted by Gasteiger charge is -2.09. The fourth-order valence-corrected chi connectivity index (χ4v) is 3.79. The Bertz CT molecular complexity index is 880. The molecule has 140 valence electrons. The van der Waals surface area contributed by atoms with E-state index in [-0.39, 0.29) is 5.91 Å². The first kappa shape index (κ1) is 19.2. The first-order valence-electron chi connectivity index (χ1n) is 8.36. The average molecular weight is 402 g/mol. The molecule has 2 aromatic carbocycles. The predicted molar refractivity (Wildman–Crippen MR) is 108 cm³/mol. The Morgan fingerprint density at radius 2 is 1.67 bits per heavy atom. The first-order chi connectivity index (χ1) is 13.1. The number of rotatable bonds is 8. The van der Waals surface area contributed by atoms with Gasteiger partial charge in [0, 0.05) is 5.69 Å². The van der Waals surface area contributed by atoms with Crippen molar-refractivity contribution in [3.8, 4) is 17.2 Å². The number of aryl methyl sites for hydroxylation is 1. The number of carbonyl (C=O) groups is 1. The highest BCUT2D eigenvalue weighted by Crippen LogP contribution is 2.26. The van der Waals surface area contributed by atoms with Gasteiger partial charge < -0.3 is 14.8 Å². The second kappa shape index (κ2) is 9.38. The third-order valence-corrected chi connectivity index (χ3v) is 5.31. The molecular weight excluding hydrogens is 382 g/mol. The van der Waals surface area contributed by atoms with Gasteiger partial charge >= 0.3 is 0 Å². The molecule has 0 fully saturated rings. The van der Waals surface area contributed by atoms with Crippen molar-refractivity contribution in [2.45, 2.75) is 18.2 Å². The standard InChI is InChI=1S/C19H19N3O3S2/c1-3-24-15-8-10-17(11-9-15)25-16-6-4-14(5-7-16)20-18(23)12-26-19-22-21-13(2)27-19/h4-11H,3,12H2,1-2H3,(H,20,23). The number of thioether (sulfide) groups is 1. The van der Waals surface area contributed by atoms with Crippen LogP contribution in [0.2, 0.25) is 0 Å². The molecule has 0 aliphatic rings. The Morgan fingerprint density at radius 3 is 2.26 bits per heavy atom. The Kier molecular flexibility index (Phi) is 6.67. The Balaban J connectivity index is 1.49. The zero-order valence-electron chi connectivity index (χ0n) is 15.0. The SMILES string of the molecule is CCOc1ccc(Oc2ccc(NC(=O)CSc3nnc(C)s3)cc2)cc1. The van der Waals surface area contributed by atoms with Crippen molar-refractivity contribution in [3.63, 3.8) is 0 Å². The summed E-state index contributed by atoms with van der Waals surface area (Å²) in [5, 5.41) is 11.7. The zero-order valence-corrected chi connectivity index (χ0v) is 16.6. The van der Waals surface area contributed by atoms with E-state index in [1.165, 1.54) is 23.1 Å². The fourth-order valence-electron chi connectivity index (χ4n) is 2.17. The van der Waals surface area contributed by atoms with Gasteiger partial charge in [0.2, 0.25) is 5.91 Å². The van der Waals surface area contributed by atoms with Crippen LogP contribution >= 0.6 is 23.1 Å². The molecular formula is C19H19N3O3S2. The topological polar surface area (TPSA) is 73.3 Å². The van der Waals surface area contributed by atoms with Gasteiger partial charge in [-0.3, -0.25) is 4.79 Å². The Hall–Kier alpha value is -2.58. The maximum atomic E-state index is 12.0. The second-order valence-corrected chi connectivity index (χ2v) is 7.86. The minimum Gasteiger partial charge on any atom is -0.494 e. The third-order valence-electron chi connectivity index (χ3n) is 3.34. The van der Waals surface area contributed by atoms with Crippen LogP contribution < -0.4 is 14.8 Å². The van der Waals surface area contributed by atoms with Crippen LogP contribution in [0, 0.1) is 6.92 Å². The first-order valence-corrected chi connectivity index (χ1v) is 10.2. The van der Waals surface area contributed by atoms with Gasteiger partial charge in [-0.05, 0) is 62.4 Å². The van der Waals surface area contributed by atoms with Crippen LogP contribution in [0.5, 0.6) is 17.2 Å². The van der Waals surface area contributed by atoms with Crippen molar-refractivity contribution in [1.82, 2.24) is 10.2 Å². The molecule has 0 unspecified atom stereocenters. The minimum atomic E-state index is -0.0898. The summed E-state index contributed by atoms with van der Waals surface area (Å²) in [4.78, 5) is 12.0. The molecule has 6 nitrogen and oxygen atoms in total. The number of aromatic nitrogens is 2. The monoisotopic (exact) mass is 401 g/mol. The molecule has 1 amide bonds. The van der Waals surface area contributed by atoms with E-state index in [0.29, 0.717) is 23.8 Å². The molecule has 8 heteroatoms. The fraction of sp³-hybridized carbons (Fsp3) is 0.211. The average Bonchev–Trinajstić information content (AvgIpc) is 3.09. The normalized spacial score (nSPS) is 10.4. The number of nitrogens with zero attached hydrogens (tertiary/aromatic N) is 2. The summed E-state index contributed by atoms with van der Waals surface area (Å²) in [6.45, 7) is 4.46. The molecule has 0 aliphatic heterocycles. The van der Waals surface area contributed by atoms with Gasteiger partial charge in [0.15, 0.2) is 4.34 Å². The van der Waals surface area contributed by atoms with Gasteiger partial charge in [0.05, 0.1) is 12.4 Å². The van der Waals surface area contributed by atoms with Crippen molar-refractivity contribution >= 4 is 34.7 Å². The van der Waals surface area contributed by atoms with E-state index in [4.69, 9.17) is 9.47 Å². The van der Waals surface area contributed by atoms with Crippen molar-refractivity contribution in [2.24, 2.45) is 0 Å². The van der Waals surface area contributed by atoms with Gasteiger partial charge in [-0.1, -0.05) is 23.1 Å². The number of carbonyl (C=O) groups excluding carboxylic acids is 1. The number of hydrogen-bond donors (Lipinski definition) is 1. The summed E-state index contributed by atoms with van der Waals surface area (Å²) < 4.78 is 12.0. The highest BCUT2D eigenvalue weighted by atomic mass is 32.2. The zero-order chi connectivity index (χ0) is 19.1. The van der Waals surface area contributed by atoms with Crippen LogP contribution in [0.15, 0.2) is 52.9 Å². The number of benzene rings is 2. The van der Waals surface area contributed by atoms with E-state index in [1.807, 2.05) is 62.4 Å². The number of anilines is 1. The van der Waals surface area contributed by atoms with Gasteiger partial charge in [-0.2, -0.15) is 0 Å². The van der Waals surface area contributed by atoms with Gasteiger partial charge in [-0.25, -0.2) is 0 Å². The van der Waals surface area contributed by atoms with E-state index >= 15 is 0 Å². The Morgan fingerprint density at radius 1 is 1.04 bits per heavy atom. The Labute approximate surface area is 165 Å². The van der Waals surface area contributed by atoms with E-state index in [9.17, 15) is 4.79 Å². The minimum absolute atomic E-state index is 0.0898. The molecule has 1 heterocycles. The summed E-state index contributed by atoms with van der Waals surface area (Å²) in [6, 6.07) is 14.7. The van der Waals surface area contributed by atoms with Crippen LogP contribution in [0.1, 0.15) is 11.9 Å². The molecule has 0 atom stereocenters. The molecule has 1 N–H and O–H groups in total. The van der Waals surface area contributed by atoms with Crippen LogP contribution in [-0.4, -0.2) is 28.5 Å². The van der Waals surface area contributed by atoms with E-state index < -0.39 is 0 Å². The molecule has 0 spiro atoms. The highest BCUT2D eigenvalue weighted by molar-refractivity contribution is 8.01. The van der Waals surface area contributed by atoms with Gasteiger partial charge in [0.25, 0.3) is 0 Å². The smallest absolute Gasteiger partial charge is 0.234 e. The van der Waals surface area contributed by atoms with E-state index in [1.54, 1.807) is 0 Å². The van der Waals surface area contributed by atoms with Gasteiger partial charge in [0.1, 0.15) is 22.3 Å². The van der Waals surface area contributed by atoms with Crippen LogP contribution in [0.25, 0.3) is 0 Å². The summed E-state index contributed by atoms with van der Waals surface area (Å²) in [6.07, 6.45) is 0. The lowest BCUT2D eigenvalue weighted by atomic mass is 10.3. The van der Waals surface area contributed by atoms with Crippen molar-refractivity contribution in [2.75, 3.05) is 17.7 Å². The summed E-state index contributed by atoms with van der Waals surface area (Å²) in [5.74, 6) is 2.42. The lowest BCUT2D eigenvalue weighted by Crippen LogP contribution is -2.13. The number of ether oxygens (including phenoxy) is 2. The number of amides is 1. The molecule has 1 aromatic heterocycles. The van der Waals surface area contributed by atoms with E-state index in [2.05, 4.69) is 15.5 Å². The molecule has 3 aromatic rings. The summed E-state index contributed by atoms with van der Waals surface area (Å²) in [5.41, 5.74) is 0.716. The molecule has 0 aliphatic carbocycles. The number of hydrogen-bond acceptors (Lipinski definition) is 7. The summed E-state index contributed by atoms with van der Waals surface area (Å²) >= 11 is 2.85. The molecule has 0 saturated carbocycles. The molecule has 27 heavy (non-hydrogen) atoms. The molecule has 3 rings (SSSR count). The molecule has 0 saturated heterocycles. The highest BCUT2D eigenvalue weighted by Gasteiger charge is 2.07. The second-order valence-electron chi connectivity index (χ2n) is 5.45. The molecule has 0 radical (unpaired) electrons. The van der Waals surface area contributed by atoms with Crippen LogP contribution in [0.4, 0.5) is 5.69 Å². The van der Waals surface area contributed by atoms with Crippen molar-refractivity contribution < 1.29 is 14.3 Å². The maximum Gasteiger partial charge on any atom is 0.234 e. The largest absolute Gasteiger partial charge is 0.494 e. The quantitative estimate of drug-likeness (QED) is 0.548. The van der Waals surface area contributed by atoms with Crippen LogP contribution in [-0.2, 0) is 4.79 Å².